The van der Waals surface area contributed by atoms with Gasteiger partial charge in [-0.05, 0) is 50.3 Å². The number of carbonyl (C=O) groups excluding carboxylic acids is 1. The molecule has 4 aromatic rings. The lowest BCUT2D eigenvalue weighted by molar-refractivity contribution is 0.104. The summed E-state index contributed by atoms with van der Waals surface area (Å²) in [6.07, 6.45) is 1.94. The fourth-order valence-corrected chi connectivity index (χ4v) is 5.64. The minimum Gasteiger partial charge on any atom is -0.353 e. The monoisotopic (exact) mass is 495 g/mol. The van der Waals surface area contributed by atoms with Crippen molar-refractivity contribution in [3.05, 3.63) is 110 Å². The molecule has 35 heavy (non-hydrogen) atoms. The number of aliphatic imine (C=N–C) groups is 1. The summed E-state index contributed by atoms with van der Waals surface area (Å²) >= 11 is 2.79. The molecule has 6 heteroatoms. The third kappa shape index (κ3) is 5.22. The second kappa shape index (κ2) is 10.7. The van der Waals surface area contributed by atoms with Crippen LogP contribution in [0.2, 0.25) is 0 Å². The number of hydrogen-bond donors (Lipinski definition) is 1. The molecule has 0 unspecified atom stereocenters. The first-order chi connectivity index (χ1) is 16.9. The summed E-state index contributed by atoms with van der Waals surface area (Å²) in [6.45, 7) is 6.04. The summed E-state index contributed by atoms with van der Waals surface area (Å²) in [5.74, 6) is -0.122. The first-order valence-electron chi connectivity index (χ1n) is 11.1. The predicted molar refractivity (Wildman–Crippen MR) is 149 cm³/mol. The van der Waals surface area contributed by atoms with Crippen molar-refractivity contribution < 1.29 is 4.79 Å². The summed E-state index contributed by atoms with van der Waals surface area (Å²) in [4.78, 5) is 19.8. The molecule has 4 nitrogen and oxygen atoms in total. The Kier molecular flexibility index (Phi) is 7.50. The molecule has 1 N–H and O–H groups in total. The van der Waals surface area contributed by atoms with Crippen LogP contribution in [0.5, 0.6) is 0 Å². The van der Waals surface area contributed by atoms with Gasteiger partial charge in [-0.3, -0.25) is 4.79 Å². The third-order valence-corrected chi connectivity index (χ3v) is 7.63. The molecule has 0 radical (unpaired) electrons. The molecule has 0 saturated carbocycles. The number of nitrogens with zero attached hydrogens (tertiary/aromatic N) is 2. The van der Waals surface area contributed by atoms with E-state index in [2.05, 4.69) is 11.4 Å². The Morgan fingerprint density at radius 1 is 0.914 bits per heavy atom. The standard InChI is InChI=1S/C29H25N3OS2/c1-18-13-15-21(16-14-18)26(33)28-25(31-22-11-6-5-7-12-22)23(17-30)27(35-28)29(34-4)32-24-19(2)9-8-10-20(24)3/h5-16,31H,1-4H3. The van der Waals surface area contributed by atoms with E-state index in [0.29, 0.717) is 31.6 Å². The number of carbonyl (C=O) groups is 1. The third-order valence-electron chi connectivity index (χ3n) is 5.62. The van der Waals surface area contributed by atoms with Crippen molar-refractivity contribution in [1.82, 2.24) is 0 Å². The van der Waals surface area contributed by atoms with Gasteiger partial charge in [0.25, 0.3) is 0 Å². The van der Waals surface area contributed by atoms with Gasteiger partial charge < -0.3 is 5.32 Å². The number of ketones is 1. The van der Waals surface area contributed by atoms with Crippen molar-refractivity contribution >= 4 is 51.0 Å². The molecule has 174 valence electrons. The lowest BCUT2D eigenvalue weighted by atomic mass is 10.1. The van der Waals surface area contributed by atoms with Crippen molar-refractivity contribution in [2.45, 2.75) is 20.8 Å². The normalized spacial score (nSPS) is 11.2. The Hall–Kier alpha value is -3.66. The Bertz CT molecular complexity index is 1430. The largest absolute Gasteiger partial charge is 0.353 e. The number of para-hydroxylation sites is 2. The second-order valence-corrected chi connectivity index (χ2v) is 9.99. The van der Waals surface area contributed by atoms with Crippen molar-refractivity contribution in [3.8, 4) is 6.07 Å². The van der Waals surface area contributed by atoms with E-state index in [-0.39, 0.29) is 5.78 Å². The van der Waals surface area contributed by atoms with Gasteiger partial charge in [-0.25, -0.2) is 4.99 Å². The van der Waals surface area contributed by atoms with Gasteiger partial charge in [0.05, 0.1) is 21.8 Å². The number of thioether (sulfide) groups is 1. The Morgan fingerprint density at radius 3 is 2.17 bits per heavy atom. The molecular weight excluding hydrogens is 470 g/mol. The average Bonchev–Trinajstić information content (AvgIpc) is 3.22. The van der Waals surface area contributed by atoms with Gasteiger partial charge in [0.15, 0.2) is 0 Å². The number of nitriles is 1. The molecule has 0 aliphatic heterocycles. The highest BCUT2D eigenvalue weighted by Gasteiger charge is 2.26. The van der Waals surface area contributed by atoms with Crippen LogP contribution in [0, 0.1) is 32.1 Å². The zero-order valence-corrected chi connectivity index (χ0v) is 21.7. The molecule has 0 fully saturated rings. The SMILES string of the molecule is CSC(=Nc1c(C)cccc1C)c1sc(C(=O)c2ccc(C)cc2)c(Nc2ccccc2)c1C#N. The Morgan fingerprint density at radius 2 is 1.57 bits per heavy atom. The van der Waals surface area contributed by atoms with Crippen LogP contribution >= 0.6 is 23.1 Å². The van der Waals surface area contributed by atoms with Crippen molar-refractivity contribution in [1.29, 1.82) is 5.26 Å². The van der Waals surface area contributed by atoms with Gasteiger partial charge in [-0.2, -0.15) is 5.26 Å². The Labute approximate surface area is 214 Å². The summed E-state index contributed by atoms with van der Waals surface area (Å²) in [6, 6.07) is 25.5. The minimum absolute atomic E-state index is 0.122. The van der Waals surface area contributed by atoms with Crippen LogP contribution in [0.25, 0.3) is 0 Å². The highest BCUT2D eigenvalue weighted by Crippen LogP contribution is 2.39. The molecule has 0 bridgehead atoms. The number of benzene rings is 3. The average molecular weight is 496 g/mol. The summed E-state index contributed by atoms with van der Waals surface area (Å²) < 4.78 is 0. The fraction of sp³-hybridized carbons (Fsp3) is 0.138. The maximum absolute atomic E-state index is 13.6. The van der Waals surface area contributed by atoms with E-state index in [0.717, 1.165) is 28.1 Å². The molecule has 0 spiro atoms. The van der Waals surface area contributed by atoms with Gasteiger partial charge in [-0.1, -0.05) is 66.2 Å². The van der Waals surface area contributed by atoms with E-state index in [1.807, 2.05) is 99.8 Å². The molecule has 4 rings (SSSR count). The number of anilines is 2. The van der Waals surface area contributed by atoms with Crippen LogP contribution in [0.3, 0.4) is 0 Å². The fourth-order valence-electron chi connectivity index (χ4n) is 3.74. The molecule has 1 heterocycles. The molecule has 0 amide bonds. The zero-order chi connectivity index (χ0) is 24.9. The van der Waals surface area contributed by atoms with E-state index < -0.39 is 0 Å². The molecule has 0 atom stereocenters. The zero-order valence-electron chi connectivity index (χ0n) is 20.0. The van der Waals surface area contributed by atoms with Crippen LogP contribution in [0.1, 0.15) is 42.4 Å². The summed E-state index contributed by atoms with van der Waals surface area (Å²) in [5, 5.41) is 14.3. The maximum Gasteiger partial charge on any atom is 0.205 e. The van der Waals surface area contributed by atoms with E-state index >= 15 is 0 Å². The van der Waals surface area contributed by atoms with Crippen LogP contribution in [0.15, 0.2) is 77.8 Å². The Balaban J connectivity index is 1.91. The molecule has 3 aromatic carbocycles. The summed E-state index contributed by atoms with van der Waals surface area (Å²) in [7, 11) is 0. The van der Waals surface area contributed by atoms with Gasteiger partial charge in [0, 0.05) is 11.3 Å². The number of rotatable bonds is 6. The van der Waals surface area contributed by atoms with Crippen molar-refractivity contribution in [3.63, 3.8) is 0 Å². The molecule has 0 saturated heterocycles. The highest BCUT2D eigenvalue weighted by atomic mass is 32.2. The van der Waals surface area contributed by atoms with Crippen LogP contribution < -0.4 is 5.32 Å². The van der Waals surface area contributed by atoms with Crippen molar-refractivity contribution in [2.24, 2.45) is 4.99 Å². The van der Waals surface area contributed by atoms with E-state index in [4.69, 9.17) is 4.99 Å². The first kappa shape index (κ1) is 24.5. The quantitative estimate of drug-likeness (QED) is 0.167. The van der Waals surface area contributed by atoms with Gasteiger partial charge in [0.2, 0.25) is 5.78 Å². The van der Waals surface area contributed by atoms with Gasteiger partial charge in [0.1, 0.15) is 16.0 Å². The molecule has 0 aliphatic rings. The second-order valence-electron chi connectivity index (χ2n) is 8.17. The number of aryl methyl sites for hydroxylation is 3. The maximum atomic E-state index is 13.6. The summed E-state index contributed by atoms with van der Waals surface area (Å²) in [5.41, 5.74) is 6.43. The first-order valence-corrected chi connectivity index (χ1v) is 13.2. The smallest absolute Gasteiger partial charge is 0.205 e. The van der Waals surface area contributed by atoms with Crippen LogP contribution in [0.4, 0.5) is 17.1 Å². The molecular formula is C29H25N3OS2. The number of hydrogen-bond acceptors (Lipinski definition) is 6. The van der Waals surface area contributed by atoms with Gasteiger partial charge in [-0.15, -0.1) is 23.1 Å². The number of nitrogens with one attached hydrogen (secondary N) is 1. The molecule has 1 aromatic heterocycles. The number of thiophene rings is 1. The van der Waals surface area contributed by atoms with E-state index in [1.165, 1.54) is 23.1 Å². The minimum atomic E-state index is -0.122. The van der Waals surface area contributed by atoms with Gasteiger partial charge >= 0.3 is 0 Å². The predicted octanol–water partition coefficient (Wildman–Crippen LogP) is 7.96. The van der Waals surface area contributed by atoms with E-state index in [9.17, 15) is 10.1 Å². The van der Waals surface area contributed by atoms with Crippen molar-refractivity contribution in [2.75, 3.05) is 11.6 Å². The van der Waals surface area contributed by atoms with E-state index in [1.54, 1.807) is 0 Å². The topological polar surface area (TPSA) is 65.2 Å². The van der Waals surface area contributed by atoms with Crippen LogP contribution in [-0.2, 0) is 0 Å². The molecule has 0 aliphatic carbocycles. The lowest BCUT2D eigenvalue weighted by Gasteiger charge is -2.09. The van der Waals surface area contributed by atoms with Crippen LogP contribution in [-0.4, -0.2) is 17.1 Å². The lowest BCUT2D eigenvalue weighted by Crippen LogP contribution is -2.03. The highest BCUT2D eigenvalue weighted by molar-refractivity contribution is 8.14.